The third-order valence-corrected chi connectivity index (χ3v) is 2.77. The van der Waals surface area contributed by atoms with Crippen molar-refractivity contribution in [2.45, 2.75) is 24.6 Å². The minimum atomic E-state index is -6.75. The molecular weight excluding hydrogens is 369 g/mol. The molecule has 0 fully saturated rings. The number of phosphoric ester groups is 1. The van der Waals surface area contributed by atoms with Gasteiger partial charge in [0.25, 0.3) is 0 Å². The van der Waals surface area contributed by atoms with Crippen LogP contribution in [0.2, 0.25) is 0 Å². The Balaban J connectivity index is 5.54. The minimum absolute atomic E-state index is 1.27. The lowest BCUT2D eigenvalue weighted by atomic mass is 10.6. The normalized spacial score (nSPS) is 14.8. The van der Waals surface area contributed by atoms with Crippen molar-refractivity contribution in [2.24, 2.45) is 0 Å². The lowest BCUT2D eigenvalue weighted by Gasteiger charge is -2.27. The van der Waals surface area contributed by atoms with Gasteiger partial charge < -0.3 is 0 Å². The number of hydrogen-bond acceptors (Lipinski definition) is 4. The van der Waals surface area contributed by atoms with Crippen LogP contribution in [0, 0.1) is 12.3 Å². The molecule has 0 aromatic rings. The molecule has 0 atom stereocenters. The van der Waals surface area contributed by atoms with Crippen LogP contribution < -0.4 is 0 Å². The third kappa shape index (κ3) is 5.31. The van der Waals surface area contributed by atoms with Gasteiger partial charge in [-0.05, 0) is 0 Å². The second-order valence-electron chi connectivity index (χ2n) is 3.14. The van der Waals surface area contributed by atoms with E-state index in [-0.39, 0.29) is 0 Å². The quantitative estimate of drug-likeness (QED) is 0.400. The average molecular weight is 372 g/mol. The Morgan fingerprint density at radius 1 is 0.818 bits per heavy atom. The molecule has 0 aliphatic carbocycles. The van der Waals surface area contributed by atoms with E-state index in [0.29, 0.717) is 0 Å². The number of terminal acetylenes is 1. The molecule has 0 aromatic heterocycles. The molecule has 0 heterocycles. The number of rotatable bonds is 6. The fourth-order valence-corrected chi connectivity index (χ4v) is 1.72. The minimum Gasteiger partial charge on any atom is -0.274 e. The van der Waals surface area contributed by atoms with E-state index in [1.165, 1.54) is 5.92 Å². The highest BCUT2D eigenvalue weighted by Crippen LogP contribution is 2.61. The van der Waals surface area contributed by atoms with Crippen molar-refractivity contribution in [3.8, 4) is 12.3 Å². The van der Waals surface area contributed by atoms with Crippen molar-refractivity contribution >= 4 is 7.82 Å². The highest BCUT2D eigenvalue weighted by Gasteiger charge is 2.68. The van der Waals surface area contributed by atoms with E-state index in [1.54, 1.807) is 0 Å². The summed E-state index contributed by atoms with van der Waals surface area (Å²) in [7, 11) is -6.75. The zero-order valence-electron chi connectivity index (χ0n) is 9.64. The molecule has 0 saturated heterocycles. The van der Waals surface area contributed by atoms with Crippen molar-refractivity contribution in [1.82, 2.24) is 0 Å². The first-order chi connectivity index (χ1) is 9.47. The van der Waals surface area contributed by atoms with Crippen molar-refractivity contribution < 1.29 is 62.0 Å². The number of alkyl halides is 10. The molecule has 0 bridgehead atoms. The second-order valence-corrected chi connectivity index (χ2v) is 4.65. The Kier molecular flexibility index (Phi) is 5.94. The van der Waals surface area contributed by atoms with Gasteiger partial charge >= 0.3 is 32.4 Å². The van der Waals surface area contributed by atoms with E-state index in [9.17, 15) is 48.5 Å². The molecule has 0 spiro atoms. The smallest absolute Gasteiger partial charge is 0.274 e. The maximum Gasteiger partial charge on any atom is 0.485 e. The zero-order chi connectivity index (χ0) is 18.0. The summed E-state index contributed by atoms with van der Waals surface area (Å²) in [6.45, 7) is -1.53. The van der Waals surface area contributed by atoms with E-state index in [1.807, 2.05) is 0 Å². The topological polar surface area (TPSA) is 44.8 Å². The predicted molar refractivity (Wildman–Crippen MR) is 46.6 cm³/mol. The van der Waals surface area contributed by atoms with Crippen LogP contribution in [0.4, 0.5) is 43.9 Å². The molecule has 0 aromatic carbocycles. The first-order valence-electron chi connectivity index (χ1n) is 4.46. The van der Waals surface area contributed by atoms with Gasteiger partial charge in [0, 0.05) is 0 Å². The molecular formula is C7H3F10O4P. The summed E-state index contributed by atoms with van der Waals surface area (Å²) in [5.74, 6) is 1.27. The van der Waals surface area contributed by atoms with Crippen LogP contribution in [0.5, 0.6) is 0 Å². The van der Waals surface area contributed by atoms with E-state index in [0.717, 1.165) is 0 Å². The van der Waals surface area contributed by atoms with Crippen LogP contribution in [0.15, 0.2) is 0 Å². The molecule has 0 N–H and O–H groups in total. The average Bonchev–Trinajstić information content (AvgIpc) is 2.21. The Hall–Kier alpha value is -1.03. The predicted octanol–water partition coefficient (Wildman–Crippen LogP) is 4.09. The molecule has 15 heteroatoms. The maximum absolute atomic E-state index is 12.5. The lowest BCUT2D eigenvalue weighted by molar-refractivity contribution is -0.386. The first kappa shape index (κ1) is 21.0. The maximum atomic E-state index is 12.5. The van der Waals surface area contributed by atoms with Gasteiger partial charge in [-0.15, -0.1) is 6.42 Å². The van der Waals surface area contributed by atoms with E-state index in [2.05, 4.69) is 20.0 Å². The van der Waals surface area contributed by atoms with Gasteiger partial charge in [-0.3, -0.25) is 4.52 Å². The fourth-order valence-electron chi connectivity index (χ4n) is 0.572. The van der Waals surface area contributed by atoms with E-state index < -0.39 is 39.0 Å². The summed E-state index contributed by atoms with van der Waals surface area (Å²) in [6.07, 6.45) is -21.7. The summed E-state index contributed by atoms with van der Waals surface area (Å²) in [6, 6.07) is 0. The van der Waals surface area contributed by atoms with Gasteiger partial charge in [-0.25, -0.2) is 13.6 Å². The van der Waals surface area contributed by atoms with Crippen molar-refractivity contribution in [1.29, 1.82) is 0 Å². The largest absolute Gasteiger partial charge is 0.485 e. The molecule has 0 rings (SSSR count). The molecule has 22 heavy (non-hydrogen) atoms. The third-order valence-electron chi connectivity index (χ3n) is 1.42. The Bertz CT molecular complexity index is 443. The number of halogens is 10. The van der Waals surface area contributed by atoms with Gasteiger partial charge in [0.15, 0.2) is 0 Å². The molecule has 0 radical (unpaired) electrons. The highest BCUT2D eigenvalue weighted by atomic mass is 31.2. The second kappa shape index (κ2) is 6.23. The zero-order valence-corrected chi connectivity index (χ0v) is 10.5. The van der Waals surface area contributed by atoms with Crippen LogP contribution in [-0.4, -0.2) is 31.2 Å². The summed E-state index contributed by atoms with van der Waals surface area (Å²) in [5.41, 5.74) is 0. The van der Waals surface area contributed by atoms with Crippen LogP contribution in [-0.2, 0) is 18.1 Å². The molecule has 0 saturated carbocycles. The Labute approximate surface area is 114 Å². The Morgan fingerprint density at radius 2 is 1.14 bits per heavy atom. The van der Waals surface area contributed by atoms with Gasteiger partial charge in [-0.1, -0.05) is 5.92 Å². The summed E-state index contributed by atoms with van der Waals surface area (Å²) < 4.78 is 140. The Morgan fingerprint density at radius 3 is 1.36 bits per heavy atom. The van der Waals surface area contributed by atoms with E-state index in [4.69, 9.17) is 0 Å². The van der Waals surface area contributed by atoms with Gasteiger partial charge in [0.2, 0.25) is 0 Å². The molecule has 0 unspecified atom stereocenters. The van der Waals surface area contributed by atoms with Gasteiger partial charge in [-0.2, -0.15) is 43.9 Å². The van der Waals surface area contributed by atoms with Gasteiger partial charge in [0.05, 0.1) is 0 Å². The molecule has 0 aliphatic heterocycles. The van der Waals surface area contributed by atoms with Crippen molar-refractivity contribution in [3.05, 3.63) is 0 Å². The summed E-state index contributed by atoms with van der Waals surface area (Å²) in [4.78, 5) is 0. The summed E-state index contributed by atoms with van der Waals surface area (Å²) >= 11 is 0. The van der Waals surface area contributed by atoms with Crippen molar-refractivity contribution in [3.63, 3.8) is 0 Å². The van der Waals surface area contributed by atoms with Crippen LogP contribution in [0.1, 0.15) is 0 Å². The summed E-state index contributed by atoms with van der Waals surface area (Å²) in [5, 5.41) is 0. The van der Waals surface area contributed by atoms with Crippen LogP contribution >= 0.6 is 7.82 Å². The monoisotopic (exact) mass is 372 g/mol. The number of phosphoric acid groups is 1. The van der Waals surface area contributed by atoms with E-state index >= 15 is 0 Å². The molecule has 0 aliphatic rings. The molecule has 4 nitrogen and oxygen atoms in total. The lowest BCUT2D eigenvalue weighted by Crippen LogP contribution is -2.42. The molecule has 0 amide bonds. The van der Waals surface area contributed by atoms with Crippen LogP contribution in [0.25, 0.3) is 0 Å². The highest BCUT2D eigenvalue weighted by molar-refractivity contribution is 7.48. The molecule has 130 valence electrons. The SMILES string of the molecule is C#CCOP(=O)(OC(F)(F)C(F)(F)F)OC(F)(F)C(F)(F)F. The first-order valence-corrected chi connectivity index (χ1v) is 5.92. The number of hydrogen-bond donors (Lipinski definition) is 0. The fraction of sp³-hybridized carbons (Fsp3) is 0.714. The van der Waals surface area contributed by atoms with Gasteiger partial charge in [0.1, 0.15) is 6.61 Å². The standard InChI is InChI=1S/C7H3F10O4P/c1-2-3-19-22(18,20-6(14,15)4(8,9)10)21-7(16,17)5(11,12)13/h1H,3H2. The van der Waals surface area contributed by atoms with Crippen molar-refractivity contribution in [2.75, 3.05) is 6.61 Å². The van der Waals surface area contributed by atoms with Crippen LogP contribution in [0.3, 0.4) is 0 Å².